The van der Waals surface area contributed by atoms with Gasteiger partial charge in [-0.1, -0.05) is 6.07 Å². The fourth-order valence-corrected chi connectivity index (χ4v) is 5.39. The van der Waals surface area contributed by atoms with E-state index in [-0.39, 0.29) is 11.4 Å². The molecule has 1 N–H and O–H groups in total. The summed E-state index contributed by atoms with van der Waals surface area (Å²) in [7, 11) is 0. The fraction of sp³-hybridized carbons (Fsp3) is 0.650. The van der Waals surface area contributed by atoms with Gasteiger partial charge >= 0.3 is 5.97 Å². The number of fused-ring (bicyclic) bond motifs is 1. The second kappa shape index (κ2) is 7.12. The number of nitrogens with zero attached hydrogens (tertiary/aromatic N) is 2. The van der Waals surface area contributed by atoms with Gasteiger partial charge in [0.25, 0.3) is 0 Å². The van der Waals surface area contributed by atoms with E-state index in [4.69, 9.17) is 16.5 Å². The summed E-state index contributed by atoms with van der Waals surface area (Å²) in [5.41, 5.74) is 3.72. The molecule has 1 unspecified atom stereocenters. The van der Waals surface area contributed by atoms with Crippen molar-refractivity contribution in [1.82, 2.24) is 9.32 Å². The molecule has 0 aliphatic carbocycles. The van der Waals surface area contributed by atoms with E-state index in [0.29, 0.717) is 18.7 Å². The second-order valence-electron chi connectivity index (χ2n) is 8.18. The van der Waals surface area contributed by atoms with Gasteiger partial charge in [0.15, 0.2) is 0 Å². The summed E-state index contributed by atoms with van der Waals surface area (Å²) in [6, 6.07) is 3.67. The molecule has 3 aliphatic heterocycles. The monoisotopic (exact) mass is 378 g/mol. The molecule has 3 heterocycles. The Hall–Kier alpha value is -1.14. The Morgan fingerprint density at radius 2 is 2.04 bits per heavy atom. The number of halogens is 1. The smallest absolute Gasteiger partial charge is 0.338 e. The van der Waals surface area contributed by atoms with Crippen molar-refractivity contribution in [2.45, 2.75) is 45.3 Å². The number of benzene rings is 1. The lowest BCUT2D eigenvalue weighted by Gasteiger charge is -2.47. The first kappa shape index (κ1) is 18.2. The Bertz CT molecular complexity index is 707. The first-order valence-corrected chi connectivity index (χ1v) is 9.92. The maximum Gasteiger partial charge on any atom is 0.338 e. The predicted molar refractivity (Wildman–Crippen MR) is 100 cm³/mol. The van der Waals surface area contributed by atoms with E-state index in [2.05, 4.69) is 4.90 Å². The molecule has 0 bridgehead atoms. The van der Waals surface area contributed by atoms with Crippen LogP contribution in [0.1, 0.15) is 58.8 Å². The molecule has 2 saturated heterocycles. The van der Waals surface area contributed by atoms with Crippen molar-refractivity contribution < 1.29 is 14.6 Å². The minimum atomic E-state index is -0.554. The number of β-amino-alcohol motifs (C(OH)–C–C–N with tert-alkyl or cyclic N) is 1. The van der Waals surface area contributed by atoms with E-state index >= 15 is 0 Å². The molecule has 3 aliphatic rings. The third-order valence-corrected chi connectivity index (χ3v) is 6.64. The topological polar surface area (TPSA) is 53.0 Å². The van der Waals surface area contributed by atoms with Crippen LogP contribution < -0.4 is 0 Å². The minimum absolute atomic E-state index is 0.259. The molecule has 4 rings (SSSR count). The molecule has 2 fully saturated rings. The molecule has 142 valence electrons. The van der Waals surface area contributed by atoms with Gasteiger partial charge in [-0.25, -0.2) is 9.21 Å². The van der Waals surface area contributed by atoms with Crippen molar-refractivity contribution in [3.8, 4) is 0 Å². The summed E-state index contributed by atoms with van der Waals surface area (Å²) in [4.78, 5) is 14.1. The lowest BCUT2D eigenvalue weighted by Crippen LogP contribution is -2.51. The van der Waals surface area contributed by atoms with Crippen molar-refractivity contribution in [3.05, 3.63) is 34.4 Å². The number of carbonyl (C=O) groups excluding carboxylic acids is 1. The van der Waals surface area contributed by atoms with Gasteiger partial charge in [0.1, 0.15) is 6.61 Å². The van der Waals surface area contributed by atoms with Crippen LogP contribution in [-0.4, -0.2) is 53.1 Å². The zero-order chi connectivity index (χ0) is 18.3. The molecule has 0 aromatic heterocycles. The molecule has 2 atom stereocenters. The quantitative estimate of drug-likeness (QED) is 0.647. The van der Waals surface area contributed by atoms with Crippen molar-refractivity contribution in [1.29, 1.82) is 0 Å². The van der Waals surface area contributed by atoms with E-state index < -0.39 is 6.10 Å². The van der Waals surface area contributed by atoms with E-state index in [0.717, 1.165) is 55.7 Å². The van der Waals surface area contributed by atoms with Gasteiger partial charge in [-0.05, 0) is 73.5 Å². The number of ether oxygens (including phenoxy) is 1. The van der Waals surface area contributed by atoms with Gasteiger partial charge in [0, 0.05) is 31.7 Å². The van der Waals surface area contributed by atoms with Crippen LogP contribution in [0.15, 0.2) is 12.1 Å². The Balaban J connectivity index is 1.47. The van der Waals surface area contributed by atoms with Gasteiger partial charge < -0.3 is 9.84 Å². The Labute approximate surface area is 160 Å². The van der Waals surface area contributed by atoms with E-state index in [1.165, 1.54) is 12.8 Å². The highest BCUT2D eigenvalue weighted by Gasteiger charge is 2.39. The third kappa shape index (κ3) is 3.38. The number of esters is 1. The van der Waals surface area contributed by atoms with Crippen LogP contribution in [0.2, 0.25) is 0 Å². The van der Waals surface area contributed by atoms with Crippen molar-refractivity contribution >= 4 is 17.7 Å². The largest absolute Gasteiger partial charge is 0.457 e. The maximum absolute atomic E-state index is 11.7. The van der Waals surface area contributed by atoms with E-state index in [1.807, 2.05) is 17.4 Å². The molecule has 5 nitrogen and oxygen atoms in total. The Morgan fingerprint density at radius 1 is 1.27 bits per heavy atom. The number of likely N-dealkylation sites (tertiary alicyclic amines) is 1. The number of rotatable bonds is 3. The zero-order valence-electron chi connectivity index (χ0n) is 15.3. The number of aliphatic hydroxyl groups is 1. The maximum atomic E-state index is 11.7. The van der Waals surface area contributed by atoms with E-state index in [9.17, 15) is 9.90 Å². The number of hydrogen-bond donors (Lipinski definition) is 1. The molecule has 6 heteroatoms. The number of hydrogen-bond acceptors (Lipinski definition) is 5. The van der Waals surface area contributed by atoms with Crippen molar-refractivity contribution in [2.75, 3.05) is 32.7 Å². The Morgan fingerprint density at radius 3 is 2.81 bits per heavy atom. The van der Waals surface area contributed by atoms with Gasteiger partial charge in [-0.3, -0.25) is 4.90 Å². The summed E-state index contributed by atoms with van der Waals surface area (Å²) >= 11 is 6.30. The highest BCUT2D eigenvalue weighted by Crippen LogP contribution is 2.39. The van der Waals surface area contributed by atoms with Crippen LogP contribution in [0.5, 0.6) is 0 Å². The molecular weight excluding hydrogens is 352 g/mol. The van der Waals surface area contributed by atoms with Gasteiger partial charge in [-0.15, -0.1) is 0 Å². The van der Waals surface area contributed by atoms with Gasteiger partial charge in [0.2, 0.25) is 0 Å². The molecule has 1 aromatic rings. The summed E-state index contributed by atoms with van der Waals surface area (Å²) in [6.07, 6.45) is 4.20. The lowest BCUT2D eigenvalue weighted by atomic mass is 9.74. The van der Waals surface area contributed by atoms with E-state index in [1.54, 1.807) is 6.07 Å². The Kier molecular flexibility index (Phi) is 4.99. The molecule has 0 saturated carbocycles. The molecule has 1 aromatic carbocycles. The zero-order valence-corrected chi connectivity index (χ0v) is 16.1. The molecular formula is C20H27ClN2O3. The molecule has 1 spiro atoms. The third-order valence-electron chi connectivity index (χ3n) is 6.35. The summed E-state index contributed by atoms with van der Waals surface area (Å²) in [5, 5.41) is 10.9. The second-order valence-corrected chi connectivity index (χ2v) is 8.66. The first-order valence-electron chi connectivity index (χ1n) is 9.58. The van der Waals surface area contributed by atoms with Crippen molar-refractivity contribution in [2.24, 2.45) is 5.41 Å². The van der Waals surface area contributed by atoms with Crippen LogP contribution in [-0.2, 0) is 11.3 Å². The van der Waals surface area contributed by atoms with Crippen LogP contribution in [0.3, 0.4) is 0 Å². The number of aliphatic hydroxyl groups excluding tert-OH is 1. The lowest BCUT2D eigenvalue weighted by molar-refractivity contribution is 0.0156. The average molecular weight is 379 g/mol. The van der Waals surface area contributed by atoms with Crippen LogP contribution >= 0.6 is 11.8 Å². The SMILES string of the molecule is Cc1c([C@@H](O)CN2CCCC3(CCCN(Cl)C3)C2)ccc2c1COC2=O. The summed E-state index contributed by atoms with van der Waals surface area (Å²) < 4.78 is 7.06. The number of piperidine rings is 2. The van der Waals surface area contributed by atoms with Gasteiger partial charge in [0.05, 0.1) is 11.7 Å². The molecule has 26 heavy (non-hydrogen) atoms. The highest BCUT2D eigenvalue weighted by atomic mass is 35.5. The fourth-order valence-electron chi connectivity index (χ4n) is 5.02. The standard InChI is InChI=1S/C20H27ClN2O3/c1-14-15(4-5-16-17(14)11-26-19(16)25)18(24)10-22-8-2-6-20(12-22)7-3-9-23(21)13-20/h4-5,18,24H,2-3,6-13H2,1H3/t18-,20?/m0/s1. The van der Waals surface area contributed by atoms with Crippen molar-refractivity contribution in [3.63, 3.8) is 0 Å². The van der Waals surface area contributed by atoms with Gasteiger partial charge in [-0.2, -0.15) is 0 Å². The van der Waals surface area contributed by atoms with Crippen LogP contribution in [0.4, 0.5) is 0 Å². The number of cyclic esters (lactones) is 1. The summed E-state index contributed by atoms with van der Waals surface area (Å²) in [6.45, 7) is 6.85. The molecule has 0 amide bonds. The average Bonchev–Trinajstić information content (AvgIpc) is 2.97. The van der Waals surface area contributed by atoms with Crippen LogP contribution in [0, 0.1) is 12.3 Å². The highest BCUT2D eigenvalue weighted by molar-refractivity contribution is 6.13. The normalized spacial score (nSPS) is 28.2. The molecule has 0 radical (unpaired) electrons. The first-order chi connectivity index (χ1) is 12.5. The van der Waals surface area contributed by atoms with Crippen LogP contribution in [0.25, 0.3) is 0 Å². The predicted octanol–water partition coefficient (Wildman–Crippen LogP) is 3.03. The summed E-state index contributed by atoms with van der Waals surface area (Å²) in [5.74, 6) is -0.259. The number of carbonyl (C=O) groups is 1. The minimum Gasteiger partial charge on any atom is -0.457 e.